The molecule has 4 nitrogen and oxygen atoms in total. The first-order chi connectivity index (χ1) is 16.9. The van der Waals surface area contributed by atoms with Gasteiger partial charge >= 0.3 is 0 Å². The second kappa shape index (κ2) is 10.8. The predicted octanol–water partition coefficient (Wildman–Crippen LogP) is 7.32. The smallest absolute Gasteiger partial charge is 0.142 e. The van der Waals surface area contributed by atoms with Gasteiger partial charge in [0.25, 0.3) is 0 Å². The van der Waals surface area contributed by atoms with Gasteiger partial charge < -0.3 is 9.13 Å². The zero-order chi connectivity index (χ0) is 24.5. The monoisotopic (exact) mass is 722 g/mol. The van der Waals surface area contributed by atoms with Crippen LogP contribution in [0.1, 0.15) is 0 Å². The molecule has 6 rings (SSSR count). The second-order valence-electron chi connectivity index (χ2n) is 8.01. The summed E-state index contributed by atoms with van der Waals surface area (Å²) < 4.78 is 30.7. The zero-order valence-electron chi connectivity index (χ0n) is 19.3. The summed E-state index contributed by atoms with van der Waals surface area (Å²) >= 11 is 3.38. The molecule has 0 atom stereocenters. The Balaban J connectivity index is 0.000000165. The Labute approximate surface area is 229 Å². The number of benzene rings is 4. The fourth-order valence-electron chi connectivity index (χ4n) is 3.99. The molecule has 1 radical (unpaired) electrons. The molecular formula is C28H20BrF2IrN4-. The molecule has 0 saturated heterocycles. The number of hydrogen-bond donors (Lipinski definition) is 0. The molecule has 0 saturated carbocycles. The molecule has 36 heavy (non-hydrogen) atoms. The van der Waals surface area contributed by atoms with Crippen LogP contribution in [0, 0.1) is 17.7 Å². The van der Waals surface area contributed by atoms with Crippen molar-refractivity contribution in [2.45, 2.75) is 0 Å². The number of hydrogen-bond acceptors (Lipinski definition) is 2. The van der Waals surface area contributed by atoms with Gasteiger partial charge in [-0.25, -0.2) is 9.37 Å². The summed E-state index contributed by atoms with van der Waals surface area (Å²) in [5.74, 6) is 1.08. The molecule has 0 unspecified atom stereocenters. The summed E-state index contributed by atoms with van der Waals surface area (Å²) in [6.07, 6.45) is 0. The van der Waals surface area contributed by atoms with E-state index in [-0.39, 0.29) is 31.7 Å². The van der Waals surface area contributed by atoms with Crippen molar-refractivity contribution in [3.05, 3.63) is 107 Å². The van der Waals surface area contributed by atoms with Gasteiger partial charge in [-0.3, -0.25) is 9.37 Å². The number of aromatic nitrogens is 4. The van der Waals surface area contributed by atoms with Gasteiger partial charge in [-0.2, -0.15) is 0 Å². The Kier molecular flexibility index (Phi) is 7.79. The molecule has 0 spiro atoms. The summed E-state index contributed by atoms with van der Waals surface area (Å²) in [7, 11) is 3.91. The molecule has 2 aromatic heterocycles. The van der Waals surface area contributed by atoms with Crippen molar-refractivity contribution in [3.63, 3.8) is 0 Å². The fraction of sp³-hybridized carbons (Fsp3) is 0.0714. The van der Waals surface area contributed by atoms with Crippen molar-refractivity contribution in [3.8, 4) is 22.8 Å². The van der Waals surface area contributed by atoms with Crippen LogP contribution in [-0.4, -0.2) is 19.1 Å². The molecule has 0 aliphatic heterocycles. The average Bonchev–Trinajstić information content (AvgIpc) is 3.37. The van der Waals surface area contributed by atoms with Crippen LogP contribution in [0.25, 0.3) is 44.8 Å². The summed E-state index contributed by atoms with van der Waals surface area (Å²) in [4.78, 5) is 9.10. The van der Waals surface area contributed by atoms with E-state index in [1.165, 1.54) is 24.3 Å². The minimum absolute atomic E-state index is 0. The van der Waals surface area contributed by atoms with Crippen molar-refractivity contribution in [2.75, 3.05) is 0 Å². The van der Waals surface area contributed by atoms with E-state index in [9.17, 15) is 8.78 Å². The van der Waals surface area contributed by atoms with E-state index in [4.69, 9.17) is 0 Å². The number of imidazole rings is 2. The maximum Gasteiger partial charge on any atom is 0.142 e. The van der Waals surface area contributed by atoms with E-state index in [0.717, 1.165) is 44.8 Å². The van der Waals surface area contributed by atoms with Crippen molar-refractivity contribution < 1.29 is 28.9 Å². The number of nitrogens with zero attached hydrogens (tertiary/aromatic N) is 4. The van der Waals surface area contributed by atoms with Crippen molar-refractivity contribution in [2.24, 2.45) is 14.1 Å². The van der Waals surface area contributed by atoms with Crippen LogP contribution in [0.5, 0.6) is 0 Å². The van der Waals surface area contributed by atoms with E-state index in [2.05, 4.69) is 32.0 Å². The van der Waals surface area contributed by atoms with Gasteiger partial charge in [0.2, 0.25) is 0 Å². The number of fused-ring (bicyclic) bond motifs is 2. The van der Waals surface area contributed by atoms with Gasteiger partial charge in [0.15, 0.2) is 0 Å². The van der Waals surface area contributed by atoms with Crippen LogP contribution in [0.3, 0.4) is 0 Å². The Morgan fingerprint density at radius 2 is 1.28 bits per heavy atom. The van der Waals surface area contributed by atoms with E-state index < -0.39 is 0 Å². The number of para-hydroxylation sites is 4. The molecule has 4 aromatic carbocycles. The average molecular weight is 723 g/mol. The van der Waals surface area contributed by atoms with Gasteiger partial charge in [-0.1, -0.05) is 24.3 Å². The normalized spacial score (nSPS) is 10.7. The Bertz CT molecular complexity index is 1660. The first-order valence-corrected chi connectivity index (χ1v) is 11.7. The third kappa shape index (κ3) is 5.03. The first kappa shape index (κ1) is 25.9. The predicted molar refractivity (Wildman–Crippen MR) is 139 cm³/mol. The zero-order valence-corrected chi connectivity index (χ0v) is 23.3. The van der Waals surface area contributed by atoms with Crippen LogP contribution < -0.4 is 0 Å². The Hall–Kier alpha value is -3.19. The first-order valence-electron chi connectivity index (χ1n) is 10.9. The van der Waals surface area contributed by atoms with Gasteiger partial charge in [0.05, 0.1) is 27.9 Å². The third-order valence-electron chi connectivity index (χ3n) is 5.76. The quantitative estimate of drug-likeness (QED) is 0.176. The van der Waals surface area contributed by atoms with Crippen molar-refractivity contribution in [1.29, 1.82) is 0 Å². The van der Waals surface area contributed by atoms with Gasteiger partial charge in [0, 0.05) is 50.1 Å². The van der Waals surface area contributed by atoms with Crippen molar-refractivity contribution >= 4 is 38.0 Å². The van der Waals surface area contributed by atoms with Gasteiger partial charge in [-0.05, 0) is 58.4 Å². The van der Waals surface area contributed by atoms with Crippen LogP contribution in [0.4, 0.5) is 8.78 Å². The molecular weight excluding hydrogens is 702 g/mol. The number of halogens is 3. The molecule has 8 heteroatoms. The number of aryl methyl sites for hydroxylation is 2. The summed E-state index contributed by atoms with van der Waals surface area (Å²) in [6.45, 7) is 0. The second-order valence-corrected chi connectivity index (χ2v) is 8.87. The van der Waals surface area contributed by atoms with E-state index in [1.807, 2.05) is 71.8 Å². The molecule has 0 aliphatic carbocycles. The minimum Gasteiger partial charge on any atom is -0.367 e. The van der Waals surface area contributed by atoms with E-state index >= 15 is 0 Å². The van der Waals surface area contributed by atoms with Gasteiger partial charge in [-0.15, -0.1) is 29.8 Å². The third-order valence-corrected chi connectivity index (χ3v) is 6.42. The minimum atomic E-state index is -0.285. The topological polar surface area (TPSA) is 35.6 Å². The van der Waals surface area contributed by atoms with Crippen LogP contribution >= 0.6 is 15.9 Å². The summed E-state index contributed by atoms with van der Waals surface area (Å²) in [6, 6.07) is 27.8. The van der Waals surface area contributed by atoms with Crippen molar-refractivity contribution in [1.82, 2.24) is 19.1 Å². The fourth-order valence-corrected chi connectivity index (χ4v) is 4.52. The molecule has 0 N–H and O–H groups in total. The summed E-state index contributed by atoms with van der Waals surface area (Å²) in [5.41, 5.74) is 5.66. The number of rotatable bonds is 2. The summed E-state index contributed by atoms with van der Waals surface area (Å²) in [5, 5.41) is 0. The van der Waals surface area contributed by atoms with E-state index in [1.54, 1.807) is 12.1 Å². The molecule has 0 fully saturated rings. The molecule has 6 aromatic rings. The van der Waals surface area contributed by atoms with Crippen LogP contribution in [0.15, 0.2) is 89.4 Å². The maximum atomic E-state index is 13.1. The van der Waals surface area contributed by atoms with Crippen LogP contribution in [-0.2, 0) is 34.2 Å². The molecule has 0 amide bonds. The Morgan fingerprint density at radius 3 is 1.83 bits per heavy atom. The maximum absolute atomic E-state index is 13.1. The SMILES string of the molecule is Cn1c(-c2[c-]cc(F)cc2)nc2ccccc21.Cn1c(-c2ccc(F)cc2Br)nc2ccccc21.[Ir]. The molecule has 2 heterocycles. The van der Waals surface area contributed by atoms with E-state index in [0.29, 0.717) is 4.47 Å². The van der Waals surface area contributed by atoms with Crippen LogP contribution in [0.2, 0.25) is 0 Å². The molecule has 183 valence electrons. The Morgan fingerprint density at radius 1 is 0.722 bits per heavy atom. The largest absolute Gasteiger partial charge is 0.367 e. The van der Waals surface area contributed by atoms with Gasteiger partial charge in [0.1, 0.15) is 11.6 Å². The molecule has 0 bridgehead atoms. The standard InChI is InChI=1S/C14H10BrFN2.C14H10FN2.Ir/c1-18-13-5-3-2-4-12(13)17-14(18)10-7-6-9(16)8-11(10)15;1-17-13-5-3-2-4-12(13)16-14(17)10-6-8-11(15)9-7-10;/h2-8H,1H3;2-6,8-9H,1H3;/q;-1;. The molecule has 0 aliphatic rings.